The molecule has 1 saturated carbocycles. The van der Waals surface area contributed by atoms with Crippen LogP contribution in [-0.4, -0.2) is 11.9 Å². The van der Waals surface area contributed by atoms with Crippen LogP contribution in [0, 0.1) is 5.92 Å². The molecule has 0 spiro atoms. The van der Waals surface area contributed by atoms with E-state index in [1.54, 1.807) is 0 Å². The standard InChI is InChI=1S/C12H17NO/c14-12(10-6-4-5-7-10)13-11-8-2-1-3-9-11/h4-7,10-11H,1-3,8-9H2,(H,13,14). The van der Waals surface area contributed by atoms with Gasteiger partial charge >= 0.3 is 0 Å². The van der Waals surface area contributed by atoms with E-state index in [0.29, 0.717) is 6.04 Å². The minimum atomic E-state index is -0.0167. The van der Waals surface area contributed by atoms with Crippen LogP contribution < -0.4 is 5.32 Å². The quantitative estimate of drug-likeness (QED) is 0.712. The third kappa shape index (κ3) is 2.25. The van der Waals surface area contributed by atoms with E-state index in [2.05, 4.69) is 5.32 Å². The maximum atomic E-state index is 11.7. The van der Waals surface area contributed by atoms with Gasteiger partial charge in [-0.3, -0.25) is 4.79 Å². The molecule has 2 heteroatoms. The number of carbonyl (C=O) groups is 1. The molecule has 0 aromatic carbocycles. The second kappa shape index (κ2) is 4.45. The average Bonchev–Trinajstić information content (AvgIpc) is 2.72. The molecule has 0 unspecified atom stereocenters. The number of amides is 1. The summed E-state index contributed by atoms with van der Waals surface area (Å²) < 4.78 is 0. The van der Waals surface area contributed by atoms with E-state index >= 15 is 0 Å². The summed E-state index contributed by atoms with van der Waals surface area (Å²) in [7, 11) is 0. The van der Waals surface area contributed by atoms with Crippen LogP contribution in [0.1, 0.15) is 32.1 Å². The Balaban J connectivity index is 1.81. The first-order chi connectivity index (χ1) is 6.86. The normalized spacial score (nSPS) is 22.9. The Morgan fingerprint density at radius 1 is 1.07 bits per heavy atom. The molecule has 0 bridgehead atoms. The molecule has 0 heterocycles. The predicted octanol–water partition coefficient (Wildman–Crippen LogP) is 2.18. The lowest BCUT2D eigenvalue weighted by atomic mass is 9.95. The van der Waals surface area contributed by atoms with Gasteiger partial charge in [0, 0.05) is 6.04 Å². The Morgan fingerprint density at radius 2 is 1.71 bits per heavy atom. The molecule has 1 fully saturated rings. The molecule has 2 aliphatic rings. The highest BCUT2D eigenvalue weighted by molar-refractivity contribution is 5.83. The van der Waals surface area contributed by atoms with Crippen molar-refractivity contribution < 1.29 is 4.79 Å². The highest BCUT2D eigenvalue weighted by Crippen LogP contribution is 2.18. The van der Waals surface area contributed by atoms with E-state index in [4.69, 9.17) is 0 Å². The lowest BCUT2D eigenvalue weighted by molar-refractivity contribution is -0.123. The molecule has 76 valence electrons. The van der Waals surface area contributed by atoms with Crippen LogP contribution >= 0.6 is 0 Å². The van der Waals surface area contributed by atoms with Gasteiger partial charge in [0.25, 0.3) is 0 Å². The maximum absolute atomic E-state index is 11.7. The van der Waals surface area contributed by atoms with E-state index in [0.717, 1.165) is 12.8 Å². The number of allylic oxidation sites excluding steroid dienone is 2. The molecule has 0 aromatic heterocycles. The first kappa shape index (κ1) is 9.50. The smallest absolute Gasteiger partial charge is 0.230 e. The third-order valence-corrected chi connectivity index (χ3v) is 3.00. The molecule has 2 nitrogen and oxygen atoms in total. The molecule has 14 heavy (non-hydrogen) atoms. The Labute approximate surface area is 85.1 Å². The predicted molar refractivity (Wildman–Crippen MR) is 56.8 cm³/mol. The molecule has 2 rings (SSSR count). The molecule has 0 aliphatic heterocycles. The summed E-state index contributed by atoms with van der Waals surface area (Å²) in [5.74, 6) is 0.152. The van der Waals surface area contributed by atoms with Crippen molar-refractivity contribution in [3.05, 3.63) is 24.3 Å². The zero-order chi connectivity index (χ0) is 9.80. The van der Waals surface area contributed by atoms with E-state index < -0.39 is 0 Å². The van der Waals surface area contributed by atoms with Crippen molar-refractivity contribution in [1.29, 1.82) is 0 Å². The number of rotatable bonds is 2. The molecule has 0 radical (unpaired) electrons. The molecule has 0 saturated heterocycles. The number of carbonyl (C=O) groups excluding carboxylic acids is 1. The molecule has 0 atom stereocenters. The lowest BCUT2D eigenvalue weighted by Crippen LogP contribution is -2.38. The van der Waals surface area contributed by atoms with E-state index in [1.807, 2.05) is 24.3 Å². The van der Waals surface area contributed by atoms with Gasteiger partial charge in [0.15, 0.2) is 0 Å². The van der Waals surface area contributed by atoms with Gasteiger partial charge in [0.05, 0.1) is 5.92 Å². The number of nitrogens with one attached hydrogen (secondary N) is 1. The summed E-state index contributed by atoms with van der Waals surface area (Å²) in [4.78, 5) is 11.7. The molecule has 0 aromatic rings. The van der Waals surface area contributed by atoms with Crippen molar-refractivity contribution in [2.24, 2.45) is 5.92 Å². The molecule has 2 aliphatic carbocycles. The van der Waals surface area contributed by atoms with Crippen LogP contribution in [-0.2, 0) is 4.79 Å². The largest absolute Gasteiger partial charge is 0.353 e. The highest BCUT2D eigenvalue weighted by Gasteiger charge is 2.19. The van der Waals surface area contributed by atoms with Crippen LogP contribution in [0.3, 0.4) is 0 Å². The van der Waals surface area contributed by atoms with Crippen LogP contribution in [0.25, 0.3) is 0 Å². The molecular formula is C12H17NO. The summed E-state index contributed by atoms with van der Waals surface area (Å²) in [5, 5.41) is 3.12. The summed E-state index contributed by atoms with van der Waals surface area (Å²) in [6.07, 6.45) is 13.9. The number of hydrogen-bond acceptors (Lipinski definition) is 1. The van der Waals surface area contributed by atoms with Crippen molar-refractivity contribution in [3.63, 3.8) is 0 Å². The highest BCUT2D eigenvalue weighted by atomic mass is 16.1. The van der Waals surface area contributed by atoms with E-state index in [9.17, 15) is 4.79 Å². The van der Waals surface area contributed by atoms with E-state index in [1.165, 1.54) is 19.3 Å². The zero-order valence-corrected chi connectivity index (χ0v) is 8.41. The monoisotopic (exact) mass is 191 g/mol. The minimum Gasteiger partial charge on any atom is -0.353 e. The number of hydrogen-bond donors (Lipinski definition) is 1. The van der Waals surface area contributed by atoms with Gasteiger partial charge < -0.3 is 5.32 Å². The zero-order valence-electron chi connectivity index (χ0n) is 8.41. The fourth-order valence-corrected chi connectivity index (χ4v) is 2.15. The average molecular weight is 191 g/mol. The van der Waals surface area contributed by atoms with Crippen molar-refractivity contribution in [3.8, 4) is 0 Å². The van der Waals surface area contributed by atoms with Gasteiger partial charge in [-0.1, -0.05) is 43.6 Å². The van der Waals surface area contributed by atoms with Crippen LogP contribution in [0.4, 0.5) is 0 Å². The fourth-order valence-electron chi connectivity index (χ4n) is 2.15. The van der Waals surface area contributed by atoms with Gasteiger partial charge in [-0.2, -0.15) is 0 Å². The first-order valence-electron chi connectivity index (χ1n) is 5.51. The van der Waals surface area contributed by atoms with Crippen molar-refractivity contribution in [2.75, 3.05) is 0 Å². The topological polar surface area (TPSA) is 29.1 Å². The summed E-state index contributed by atoms with van der Waals surface area (Å²) in [5.41, 5.74) is 0. The van der Waals surface area contributed by atoms with Crippen molar-refractivity contribution >= 4 is 5.91 Å². The Bertz CT molecular complexity index is 249. The molecule has 1 amide bonds. The van der Waals surface area contributed by atoms with Gasteiger partial charge in [-0.15, -0.1) is 0 Å². The van der Waals surface area contributed by atoms with Crippen molar-refractivity contribution in [1.82, 2.24) is 5.32 Å². The SMILES string of the molecule is O=C(NC1CCCCC1)C1C=CC=C1. The maximum Gasteiger partial charge on any atom is 0.230 e. The van der Waals surface area contributed by atoms with Crippen LogP contribution in [0.15, 0.2) is 24.3 Å². The Morgan fingerprint density at radius 3 is 2.36 bits per heavy atom. The summed E-state index contributed by atoms with van der Waals surface area (Å²) >= 11 is 0. The summed E-state index contributed by atoms with van der Waals surface area (Å²) in [6, 6.07) is 0.429. The summed E-state index contributed by atoms with van der Waals surface area (Å²) in [6.45, 7) is 0. The van der Waals surface area contributed by atoms with Gasteiger partial charge in [-0.05, 0) is 12.8 Å². The van der Waals surface area contributed by atoms with Gasteiger partial charge in [0.1, 0.15) is 0 Å². The van der Waals surface area contributed by atoms with Gasteiger partial charge in [-0.25, -0.2) is 0 Å². The van der Waals surface area contributed by atoms with Crippen LogP contribution in [0.2, 0.25) is 0 Å². The lowest BCUT2D eigenvalue weighted by Gasteiger charge is -2.23. The molecule has 1 N–H and O–H groups in total. The van der Waals surface area contributed by atoms with Gasteiger partial charge in [0.2, 0.25) is 5.91 Å². The Hall–Kier alpha value is -1.05. The Kier molecular flexibility index (Phi) is 3.02. The minimum absolute atomic E-state index is 0.0167. The van der Waals surface area contributed by atoms with E-state index in [-0.39, 0.29) is 11.8 Å². The third-order valence-electron chi connectivity index (χ3n) is 3.00. The van der Waals surface area contributed by atoms with Crippen LogP contribution in [0.5, 0.6) is 0 Å². The first-order valence-corrected chi connectivity index (χ1v) is 5.51. The second-order valence-corrected chi connectivity index (χ2v) is 4.14. The van der Waals surface area contributed by atoms with Crippen molar-refractivity contribution in [2.45, 2.75) is 38.1 Å². The second-order valence-electron chi connectivity index (χ2n) is 4.14. The fraction of sp³-hybridized carbons (Fsp3) is 0.583. The molecular weight excluding hydrogens is 174 g/mol.